The lowest BCUT2D eigenvalue weighted by molar-refractivity contribution is -0.137. The molecule has 4 aromatic rings. The van der Waals surface area contributed by atoms with Gasteiger partial charge in [0, 0.05) is 13.1 Å². The first kappa shape index (κ1) is 28.2. The molecule has 0 aliphatic heterocycles. The van der Waals surface area contributed by atoms with Gasteiger partial charge in [-0.05, 0) is 48.2 Å². The van der Waals surface area contributed by atoms with Crippen LogP contribution in [-0.2, 0) is 18.3 Å². The first-order valence-corrected chi connectivity index (χ1v) is 13.0. The summed E-state index contributed by atoms with van der Waals surface area (Å²) in [5, 5.41) is 9.07. The van der Waals surface area contributed by atoms with Gasteiger partial charge < -0.3 is 4.74 Å². The van der Waals surface area contributed by atoms with Crippen LogP contribution in [0.25, 0.3) is 0 Å². The zero-order chi connectivity index (χ0) is 27.9. The average Bonchev–Trinajstić information content (AvgIpc) is 2.95. The molecule has 0 N–H and O–H groups in total. The number of rotatable bonds is 10. The Hall–Kier alpha value is -3.79. The molecule has 4 rings (SSSR count). The van der Waals surface area contributed by atoms with Crippen LogP contribution in [0, 0.1) is 11.3 Å². The molecule has 0 aliphatic rings. The predicted octanol–water partition coefficient (Wildman–Crippen LogP) is 8.47. The van der Waals surface area contributed by atoms with Gasteiger partial charge in [-0.2, -0.15) is 18.4 Å². The molecule has 0 radical (unpaired) electrons. The molecule has 0 fully saturated rings. The highest BCUT2D eigenvalue weighted by Gasteiger charge is 2.37. The van der Waals surface area contributed by atoms with Gasteiger partial charge >= 0.3 is 6.18 Å². The van der Waals surface area contributed by atoms with Gasteiger partial charge in [0.05, 0.1) is 28.3 Å². The number of para-hydroxylation sites is 1. The third-order valence-corrected chi connectivity index (χ3v) is 7.33. The van der Waals surface area contributed by atoms with Crippen LogP contribution in [0.5, 0.6) is 5.75 Å². The molecule has 0 aliphatic carbocycles. The molecule has 0 atom stereocenters. The van der Waals surface area contributed by atoms with Crippen LogP contribution < -0.4 is 4.74 Å². The van der Waals surface area contributed by atoms with Crippen LogP contribution in [0.1, 0.15) is 41.2 Å². The quantitative estimate of drug-likeness (QED) is 0.186. The van der Waals surface area contributed by atoms with Crippen molar-refractivity contribution in [1.82, 2.24) is 4.90 Å². The Bertz CT molecular complexity index is 1380. The lowest BCUT2D eigenvalue weighted by atomic mass is 9.82. The number of ether oxygens (including phenoxy) is 1. The topological polar surface area (TPSA) is 36.3 Å². The maximum atomic E-state index is 13.7. The highest BCUT2D eigenvalue weighted by atomic mass is 35.5. The molecule has 3 nitrogen and oxygen atoms in total. The number of halogens is 4. The van der Waals surface area contributed by atoms with Gasteiger partial charge in [0.2, 0.25) is 0 Å². The summed E-state index contributed by atoms with van der Waals surface area (Å²) < 4.78 is 46.9. The van der Waals surface area contributed by atoms with Crippen molar-refractivity contribution in [3.8, 4) is 11.8 Å². The summed E-state index contributed by atoms with van der Waals surface area (Å²) >= 11 is 6.35. The summed E-state index contributed by atoms with van der Waals surface area (Å²) in [5.41, 5.74) is 1.29. The number of nitriles is 1. The molecule has 0 bridgehead atoms. The van der Waals surface area contributed by atoms with Gasteiger partial charge in [-0.15, -0.1) is 0 Å². The largest absolute Gasteiger partial charge is 0.492 e. The molecule has 0 heterocycles. The van der Waals surface area contributed by atoms with E-state index in [2.05, 4.69) is 17.9 Å². The van der Waals surface area contributed by atoms with Crippen LogP contribution in [0.2, 0.25) is 5.02 Å². The Balaban J connectivity index is 1.70. The van der Waals surface area contributed by atoms with Crippen LogP contribution >= 0.6 is 11.6 Å². The molecule has 4 aromatic carbocycles. The Morgan fingerprint density at radius 2 is 1.41 bits per heavy atom. The predicted molar refractivity (Wildman–Crippen MR) is 147 cm³/mol. The zero-order valence-electron chi connectivity index (χ0n) is 21.5. The van der Waals surface area contributed by atoms with Crippen molar-refractivity contribution in [2.24, 2.45) is 0 Å². The summed E-state index contributed by atoms with van der Waals surface area (Å²) in [4.78, 5) is 2.14. The van der Waals surface area contributed by atoms with Crippen molar-refractivity contribution >= 4 is 11.6 Å². The second-order valence-electron chi connectivity index (χ2n) is 9.31. The minimum absolute atomic E-state index is 0.178. The second kappa shape index (κ2) is 12.4. The van der Waals surface area contributed by atoms with E-state index in [-0.39, 0.29) is 11.6 Å². The first-order chi connectivity index (χ1) is 18.7. The summed E-state index contributed by atoms with van der Waals surface area (Å²) in [6.45, 7) is 3.07. The van der Waals surface area contributed by atoms with Crippen LogP contribution in [0.3, 0.4) is 0 Å². The van der Waals surface area contributed by atoms with E-state index in [0.717, 1.165) is 17.2 Å². The van der Waals surface area contributed by atoms with Gasteiger partial charge in [0.1, 0.15) is 11.8 Å². The van der Waals surface area contributed by atoms with Crippen LogP contribution in [0.15, 0.2) is 103 Å². The molecule has 0 unspecified atom stereocenters. The van der Waals surface area contributed by atoms with E-state index in [9.17, 15) is 18.4 Å². The van der Waals surface area contributed by atoms with Crippen molar-refractivity contribution in [1.29, 1.82) is 5.26 Å². The summed E-state index contributed by atoms with van der Waals surface area (Å²) in [6.07, 6.45) is -3.99. The Kier molecular flexibility index (Phi) is 8.96. The third kappa shape index (κ3) is 6.44. The molecule has 200 valence electrons. The van der Waals surface area contributed by atoms with Gasteiger partial charge in [-0.25, -0.2) is 0 Å². The molecule has 39 heavy (non-hydrogen) atoms. The maximum Gasteiger partial charge on any atom is 0.417 e. The van der Waals surface area contributed by atoms with Gasteiger partial charge in [0.15, 0.2) is 0 Å². The van der Waals surface area contributed by atoms with Crippen LogP contribution in [-0.4, -0.2) is 18.1 Å². The highest BCUT2D eigenvalue weighted by Crippen LogP contribution is 2.40. The molecule has 0 aromatic heterocycles. The van der Waals surface area contributed by atoms with Crippen molar-refractivity contribution in [3.63, 3.8) is 0 Å². The van der Waals surface area contributed by atoms with E-state index in [0.29, 0.717) is 36.4 Å². The molecule has 0 spiro atoms. The summed E-state index contributed by atoms with van der Waals surface area (Å²) in [5.74, 6) is 0.501. The Labute approximate surface area is 232 Å². The van der Waals surface area contributed by atoms with Crippen LogP contribution in [0.4, 0.5) is 13.2 Å². The van der Waals surface area contributed by atoms with Gasteiger partial charge in [-0.3, -0.25) is 4.90 Å². The zero-order valence-corrected chi connectivity index (χ0v) is 22.2. The molecule has 0 saturated heterocycles. The Morgan fingerprint density at radius 1 is 0.821 bits per heavy atom. The highest BCUT2D eigenvalue weighted by molar-refractivity contribution is 6.32. The fraction of sp³-hybridized carbons (Fsp3) is 0.219. The van der Waals surface area contributed by atoms with Gasteiger partial charge in [0.25, 0.3) is 0 Å². The van der Waals surface area contributed by atoms with Crippen molar-refractivity contribution in [2.75, 3.05) is 13.2 Å². The van der Waals surface area contributed by atoms with Crippen molar-refractivity contribution in [2.45, 2.75) is 31.6 Å². The molecule has 7 heteroatoms. The lowest BCUT2D eigenvalue weighted by Crippen LogP contribution is -2.45. The second-order valence-corrected chi connectivity index (χ2v) is 9.69. The molecule has 0 saturated carbocycles. The SMILES string of the molecule is CC(c1ccccc1)(c1ccccc1)N(CCCOc1ccccc1C#N)Cc1cccc(C(F)(F)F)c1Cl. The fourth-order valence-corrected chi connectivity index (χ4v) is 5.06. The number of nitrogens with zero attached hydrogens (tertiary/aromatic N) is 2. The maximum absolute atomic E-state index is 13.7. The van der Waals surface area contributed by atoms with E-state index in [4.69, 9.17) is 16.3 Å². The summed E-state index contributed by atoms with van der Waals surface area (Å²) in [7, 11) is 0. The normalized spacial score (nSPS) is 11.8. The smallest absolute Gasteiger partial charge is 0.417 e. The molecule has 0 amide bonds. The summed E-state index contributed by atoms with van der Waals surface area (Å²) in [6, 6.07) is 32.9. The van der Waals surface area contributed by atoms with E-state index < -0.39 is 17.3 Å². The fourth-order valence-electron chi connectivity index (χ4n) is 4.77. The van der Waals surface area contributed by atoms with Crippen molar-refractivity contribution in [3.05, 3.63) is 136 Å². The minimum atomic E-state index is -4.55. The molecular formula is C32H28ClF3N2O. The minimum Gasteiger partial charge on any atom is -0.492 e. The Morgan fingerprint density at radius 3 is 2.00 bits per heavy atom. The first-order valence-electron chi connectivity index (χ1n) is 12.6. The number of alkyl halides is 3. The van der Waals surface area contributed by atoms with E-state index >= 15 is 0 Å². The van der Waals surface area contributed by atoms with Crippen molar-refractivity contribution < 1.29 is 17.9 Å². The monoisotopic (exact) mass is 548 g/mol. The number of hydrogen-bond donors (Lipinski definition) is 0. The van der Waals surface area contributed by atoms with E-state index in [1.54, 1.807) is 30.3 Å². The van der Waals surface area contributed by atoms with E-state index in [1.807, 2.05) is 60.7 Å². The molecular weight excluding hydrogens is 521 g/mol. The third-order valence-electron chi connectivity index (χ3n) is 6.89. The van der Waals surface area contributed by atoms with E-state index in [1.165, 1.54) is 6.07 Å². The van der Waals surface area contributed by atoms with Gasteiger partial charge in [-0.1, -0.05) is 96.5 Å². The lowest BCUT2D eigenvalue weighted by Gasteiger charge is -2.43. The number of hydrogen-bond acceptors (Lipinski definition) is 3. The number of benzene rings is 4. The average molecular weight is 549 g/mol. The standard InChI is InChI=1S/C32H28ClF3N2O/c1-31(26-14-4-2-5-15-26,27-16-6-3-7-17-27)38(20-11-21-39-29-19-9-8-12-24(29)22-37)23-25-13-10-18-28(30(25)33)32(34,35)36/h2-10,12-19H,11,20-21,23H2,1H3.